The molecule has 1 atom stereocenters. The number of carbonyl (C=O) groups excluding carboxylic acids is 1. The van der Waals surface area contributed by atoms with E-state index in [2.05, 4.69) is 5.10 Å². The number of aryl methyl sites for hydroxylation is 3. The Kier molecular flexibility index (Phi) is 4.02. The molecule has 1 saturated heterocycles. The number of hydrogen-bond donors (Lipinski definition) is 0. The predicted octanol–water partition coefficient (Wildman–Crippen LogP) is 1.44. The summed E-state index contributed by atoms with van der Waals surface area (Å²) in [6.45, 7) is 5.94. The lowest BCUT2D eigenvalue weighted by molar-refractivity contribution is -0.141. The van der Waals surface area contributed by atoms with Gasteiger partial charge in [-0.15, -0.1) is 0 Å². The maximum Gasteiger partial charge on any atom is 0.245 e. The van der Waals surface area contributed by atoms with Crippen molar-refractivity contribution in [3.63, 3.8) is 0 Å². The summed E-state index contributed by atoms with van der Waals surface area (Å²) in [5.41, 5.74) is 3.04. The minimum atomic E-state index is -0.0294. The van der Waals surface area contributed by atoms with Crippen LogP contribution in [0.1, 0.15) is 23.1 Å². The first-order valence-corrected chi connectivity index (χ1v) is 7.56. The van der Waals surface area contributed by atoms with Crippen LogP contribution in [0.15, 0.2) is 24.4 Å². The number of hydrogen-bond acceptors (Lipinski definition) is 3. The molecule has 6 heteroatoms. The third-order valence-electron chi connectivity index (χ3n) is 4.16. The SMILES string of the molecule is Cc1cc(C)n(CC(=O)N2CCOC[C@@H]2c2cccn2C)n1. The van der Waals surface area contributed by atoms with E-state index in [-0.39, 0.29) is 18.5 Å². The minimum absolute atomic E-state index is 0.0294. The van der Waals surface area contributed by atoms with E-state index in [1.54, 1.807) is 4.68 Å². The molecule has 3 heterocycles. The summed E-state index contributed by atoms with van der Waals surface area (Å²) in [6.07, 6.45) is 1.99. The molecule has 118 valence electrons. The molecule has 0 bridgehead atoms. The molecule has 0 unspecified atom stereocenters. The molecule has 6 nitrogen and oxygen atoms in total. The molecule has 1 amide bonds. The Hall–Kier alpha value is -2.08. The molecule has 2 aromatic heterocycles. The van der Waals surface area contributed by atoms with E-state index in [1.165, 1.54) is 0 Å². The van der Waals surface area contributed by atoms with Crippen molar-refractivity contribution in [3.8, 4) is 0 Å². The van der Waals surface area contributed by atoms with E-state index >= 15 is 0 Å². The molecule has 0 aliphatic carbocycles. The number of carbonyl (C=O) groups is 1. The first-order valence-electron chi connectivity index (χ1n) is 7.56. The summed E-state index contributed by atoms with van der Waals surface area (Å²) in [5, 5.41) is 4.38. The molecule has 2 aromatic rings. The summed E-state index contributed by atoms with van der Waals surface area (Å²) >= 11 is 0. The zero-order valence-electron chi connectivity index (χ0n) is 13.3. The van der Waals surface area contributed by atoms with Crippen molar-refractivity contribution in [1.82, 2.24) is 19.2 Å². The smallest absolute Gasteiger partial charge is 0.245 e. The Morgan fingerprint density at radius 2 is 2.27 bits per heavy atom. The van der Waals surface area contributed by atoms with Gasteiger partial charge < -0.3 is 14.2 Å². The highest BCUT2D eigenvalue weighted by molar-refractivity contribution is 5.76. The predicted molar refractivity (Wildman–Crippen MR) is 82.4 cm³/mol. The topological polar surface area (TPSA) is 52.3 Å². The van der Waals surface area contributed by atoms with Gasteiger partial charge in [-0.1, -0.05) is 0 Å². The van der Waals surface area contributed by atoms with Gasteiger partial charge in [-0.2, -0.15) is 5.10 Å². The van der Waals surface area contributed by atoms with Crippen LogP contribution in [0.4, 0.5) is 0 Å². The van der Waals surface area contributed by atoms with Gasteiger partial charge >= 0.3 is 0 Å². The Labute approximate surface area is 130 Å². The van der Waals surface area contributed by atoms with Crippen molar-refractivity contribution in [1.29, 1.82) is 0 Å². The molecule has 1 fully saturated rings. The number of morpholine rings is 1. The van der Waals surface area contributed by atoms with E-state index in [9.17, 15) is 4.79 Å². The third-order valence-corrected chi connectivity index (χ3v) is 4.16. The minimum Gasteiger partial charge on any atom is -0.377 e. The van der Waals surface area contributed by atoms with Crippen LogP contribution in [0.25, 0.3) is 0 Å². The molecular weight excluding hydrogens is 280 g/mol. The van der Waals surface area contributed by atoms with Crippen molar-refractivity contribution in [2.24, 2.45) is 7.05 Å². The Morgan fingerprint density at radius 3 is 2.91 bits per heavy atom. The van der Waals surface area contributed by atoms with Gasteiger partial charge in [-0.3, -0.25) is 9.48 Å². The van der Waals surface area contributed by atoms with Crippen molar-refractivity contribution < 1.29 is 9.53 Å². The van der Waals surface area contributed by atoms with Crippen molar-refractivity contribution >= 4 is 5.91 Å². The van der Waals surface area contributed by atoms with Crippen LogP contribution >= 0.6 is 0 Å². The van der Waals surface area contributed by atoms with Gasteiger partial charge in [-0.25, -0.2) is 0 Å². The van der Waals surface area contributed by atoms with Gasteiger partial charge in [0.05, 0.1) is 24.9 Å². The second-order valence-corrected chi connectivity index (χ2v) is 5.81. The second kappa shape index (κ2) is 5.96. The van der Waals surface area contributed by atoms with Crippen LogP contribution in [-0.2, 0) is 23.1 Å². The van der Waals surface area contributed by atoms with Crippen LogP contribution in [0.3, 0.4) is 0 Å². The number of aromatic nitrogens is 3. The normalized spacial score (nSPS) is 18.7. The molecular formula is C16H22N4O2. The Morgan fingerprint density at radius 1 is 1.45 bits per heavy atom. The van der Waals surface area contributed by atoms with Crippen LogP contribution in [0.2, 0.25) is 0 Å². The number of rotatable bonds is 3. The van der Waals surface area contributed by atoms with Gasteiger partial charge in [-0.05, 0) is 32.0 Å². The molecule has 22 heavy (non-hydrogen) atoms. The number of nitrogens with zero attached hydrogens (tertiary/aromatic N) is 4. The highest BCUT2D eigenvalue weighted by Crippen LogP contribution is 2.24. The second-order valence-electron chi connectivity index (χ2n) is 5.81. The van der Waals surface area contributed by atoms with E-state index in [0.29, 0.717) is 19.8 Å². The summed E-state index contributed by atoms with van der Waals surface area (Å²) in [7, 11) is 1.99. The van der Waals surface area contributed by atoms with Gasteiger partial charge in [0.2, 0.25) is 5.91 Å². The quantitative estimate of drug-likeness (QED) is 0.862. The van der Waals surface area contributed by atoms with E-state index in [0.717, 1.165) is 17.1 Å². The molecule has 0 radical (unpaired) electrons. The lowest BCUT2D eigenvalue weighted by Crippen LogP contribution is -2.45. The van der Waals surface area contributed by atoms with Gasteiger partial charge in [0.25, 0.3) is 0 Å². The van der Waals surface area contributed by atoms with Gasteiger partial charge in [0.1, 0.15) is 6.54 Å². The fraction of sp³-hybridized carbons (Fsp3) is 0.500. The molecule has 0 spiro atoms. The van der Waals surface area contributed by atoms with Crippen LogP contribution in [0.5, 0.6) is 0 Å². The van der Waals surface area contributed by atoms with Crippen LogP contribution in [-0.4, -0.2) is 44.9 Å². The number of amides is 1. The maximum absolute atomic E-state index is 12.7. The van der Waals surface area contributed by atoms with E-state index in [1.807, 2.05) is 54.8 Å². The van der Waals surface area contributed by atoms with Crippen molar-refractivity contribution in [2.75, 3.05) is 19.8 Å². The zero-order valence-corrected chi connectivity index (χ0v) is 13.3. The van der Waals surface area contributed by atoms with Crippen molar-refractivity contribution in [3.05, 3.63) is 41.5 Å². The third kappa shape index (κ3) is 2.78. The Bertz CT molecular complexity index is 673. The lowest BCUT2D eigenvalue weighted by Gasteiger charge is -2.36. The highest BCUT2D eigenvalue weighted by atomic mass is 16.5. The Balaban J connectivity index is 1.80. The van der Waals surface area contributed by atoms with E-state index in [4.69, 9.17) is 4.74 Å². The fourth-order valence-corrected chi connectivity index (χ4v) is 3.02. The standard InChI is InChI=1S/C16H22N4O2/c1-12-9-13(2)20(17-12)10-16(21)19-7-8-22-11-15(19)14-5-4-6-18(14)3/h4-6,9,15H,7-8,10-11H2,1-3H3/t15-/m1/s1. The maximum atomic E-state index is 12.7. The zero-order chi connectivity index (χ0) is 15.7. The average molecular weight is 302 g/mol. The summed E-state index contributed by atoms with van der Waals surface area (Å²) < 4.78 is 9.41. The first-order chi connectivity index (χ1) is 10.6. The molecule has 1 aliphatic heterocycles. The monoisotopic (exact) mass is 302 g/mol. The summed E-state index contributed by atoms with van der Waals surface area (Å²) in [6, 6.07) is 6.00. The first kappa shape index (κ1) is 14.8. The highest BCUT2D eigenvalue weighted by Gasteiger charge is 2.30. The largest absolute Gasteiger partial charge is 0.377 e. The summed E-state index contributed by atoms with van der Waals surface area (Å²) in [5.74, 6) is 0.0840. The van der Waals surface area contributed by atoms with Crippen molar-refractivity contribution in [2.45, 2.75) is 26.4 Å². The fourth-order valence-electron chi connectivity index (χ4n) is 3.02. The van der Waals surface area contributed by atoms with Crippen LogP contribution in [0, 0.1) is 13.8 Å². The van der Waals surface area contributed by atoms with Gasteiger partial charge in [0.15, 0.2) is 0 Å². The molecule has 0 saturated carbocycles. The number of ether oxygens (including phenoxy) is 1. The molecule has 0 aromatic carbocycles. The van der Waals surface area contributed by atoms with E-state index < -0.39 is 0 Å². The molecule has 1 aliphatic rings. The van der Waals surface area contributed by atoms with Gasteiger partial charge in [0, 0.05) is 31.2 Å². The average Bonchev–Trinajstić information content (AvgIpc) is 3.04. The molecule has 0 N–H and O–H groups in total. The lowest BCUT2D eigenvalue weighted by atomic mass is 10.1. The summed E-state index contributed by atoms with van der Waals surface area (Å²) in [4.78, 5) is 14.7. The van der Waals surface area contributed by atoms with Crippen LogP contribution < -0.4 is 0 Å². The molecule has 3 rings (SSSR count).